The highest BCUT2D eigenvalue weighted by molar-refractivity contribution is 7.19. The predicted octanol–water partition coefficient (Wildman–Crippen LogP) is 0.361. The summed E-state index contributed by atoms with van der Waals surface area (Å²) in [6, 6.07) is 0. The molecule has 42 valence electrons. The van der Waals surface area contributed by atoms with E-state index in [4.69, 9.17) is 0 Å². The molecule has 0 bridgehead atoms. The van der Waals surface area contributed by atoms with Gasteiger partial charge in [0.1, 0.15) is 0 Å². The lowest BCUT2D eigenvalue weighted by molar-refractivity contribution is 0.0621. The van der Waals surface area contributed by atoms with Crippen molar-refractivity contribution in [1.82, 2.24) is 0 Å². The minimum absolute atomic E-state index is 0.504. The standard InChI is InChI=1S/CH2O3.Al.HO2P/c2-1(3)4;;1-3-2/h(H2,2,3,4);;(H,1,2)/q;+3;/p-3. The van der Waals surface area contributed by atoms with Crippen LogP contribution in [0.25, 0.3) is 0 Å². The number of carbonyl (C=O) groups is 1. The highest BCUT2D eigenvalue weighted by Crippen LogP contribution is 2.11. The zero-order valence-electron chi connectivity index (χ0n) is 3.57. The molecule has 0 spiro atoms. The van der Waals surface area contributed by atoms with Gasteiger partial charge in [-0.2, -0.15) is 0 Å². The summed E-state index contributed by atoms with van der Waals surface area (Å²) in [5.74, 6) is 0. The minimum Gasteiger partial charge on any atom is -0.531 e. The third kappa shape index (κ3) is 1.17. The summed E-state index contributed by atoms with van der Waals surface area (Å²) in [7, 11) is -0.504. The summed E-state index contributed by atoms with van der Waals surface area (Å²) in [5, 5.41) is 0. The smallest absolute Gasteiger partial charge is 0.531 e. The van der Waals surface area contributed by atoms with Gasteiger partial charge in [-0.05, 0) is 0 Å². The van der Waals surface area contributed by atoms with E-state index in [1.165, 1.54) is 0 Å². The fraction of sp³-hybridized carbons (Fsp3) is 0. The number of hydrogen-bond acceptors (Lipinski definition) is 5. The van der Waals surface area contributed by atoms with Crippen molar-refractivity contribution in [2.24, 2.45) is 0 Å². The molecule has 1 aliphatic heterocycles. The molecule has 0 radical (unpaired) electrons. The van der Waals surface area contributed by atoms with Crippen LogP contribution in [0.3, 0.4) is 0 Å². The molecule has 1 rings (SSSR count). The average Bonchev–Trinajstić information content (AvgIpc) is 1.64. The predicted molar refractivity (Wildman–Crippen MR) is 22.0 cm³/mol. The Morgan fingerprint density at radius 3 is 2.62 bits per heavy atom. The van der Waals surface area contributed by atoms with Crippen molar-refractivity contribution in [2.75, 3.05) is 0 Å². The molecular formula is CAlO5P. The van der Waals surface area contributed by atoms with Gasteiger partial charge < -0.3 is 11.2 Å². The summed E-state index contributed by atoms with van der Waals surface area (Å²) < 4.78 is 22.2. The van der Waals surface area contributed by atoms with Gasteiger partial charge in [-0.25, -0.2) is 9.36 Å². The van der Waals surface area contributed by atoms with Gasteiger partial charge in [0.05, 0.1) is 0 Å². The lowest BCUT2D eigenvalue weighted by Crippen LogP contribution is -2.40. The maximum atomic E-state index is 9.79. The van der Waals surface area contributed by atoms with Crippen molar-refractivity contribution in [3.05, 3.63) is 0 Å². The van der Waals surface area contributed by atoms with Crippen LogP contribution in [-0.4, -0.2) is 21.3 Å². The van der Waals surface area contributed by atoms with Crippen LogP contribution in [-0.2, 0) is 15.7 Å². The minimum atomic E-state index is -2.23. The Balaban J connectivity index is 2.15. The van der Waals surface area contributed by atoms with Crippen molar-refractivity contribution in [3.8, 4) is 0 Å². The van der Waals surface area contributed by atoms with E-state index in [0.29, 0.717) is 0 Å². The molecule has 0 saturated carbocycles. The van der Waals surface area contributed by atoms with Gasteiger partial charge in [0, 0.05) is 0 Å². The lowest BCUT2D eigenvalue weighted by atomic mass is 11.4. The van der Waals surface area contributed by atoms with Crippen molar-refractivity contribution in [3.63, 3.8) is 0 Å². The first-order chi connectivity index (χ1) is 3.83. The highest BCUT2D eigenvalue weighted by atomic mass is 31.1. The molecule has 1 saturated heterocycles. The van der Waals surface area contributed by atoms with E-state index in [1.54, 1.807) is 0 Å². The molecule has 0 aromatic rings. The first-order valence-corrected chi connectivity index (χ1v) is 3.83. The van der Waals surface area contributed by atoms with Gasteiger partial charge in [0.15, 0.2) is 0 Å². The molecule has 0 aliphatic carbocycles. The molecule has 8 heavy (non-hydrogen) atoms. The van der Waals surface area contributed by atoms with Gasteiger partial charge in [-0.1, -0.05) is 0 Å². The maximum absolute atomic E-state index is 9.79. The van der Waals surface area contributed by atoms with Crippen molar-refractivity contribution >= 4 is 30.0 Å². The van der Waals surface area contributed by atoms with E-state index in [1.807, 2.05) is 0 Å². The van der Waals surface area contributed by atoms with Crippen molar-refractivity contribution < 1.29 is 20.5 Å². The van der Waals surface area contributed by atoms with Crippen LogP contribution in [0.4, 0.5) is 4.79 Å². The van der Waals surface area contributed by atoms with Crippen LogP contribution in [0, 0.1) is 0 Å². The fourth-order valence-corrected chi connectivity index (χ4v) is 1.20. The van der Waals surface area contributed by atoms with Crippen molar-refractivity contribution in [2.45, 2.75) is 0 Å². The first kappa shape index (κ1) is 5.99. The summed E-state index contributed by atoms with van der Waals surface area (Å²) in [4.78, 5) is 9.79. The Morgan fingerprint density at radius 1 is 1.62 bits per heavy atom. The van der Waals surface area contributed by atoms with Crippen molar-refractivity contribution in [1.29, 1.82) is 0 Å². The van der Waals surface area contributed by atoms with E-state index < -0.39 is 30.0 Å². The van der Waals surface area contributed by atoms with E-state index in [-0.39, 0.29) is 0 Å². The number of rotatable bonds is 2. The van der Waals surface area contributed by atoms with E-state index in [9.17, 15) is 9.36 Å². The molecule has 0 atom stereocenters. The molecule has 1 fully saturated rings. The lowest BCUT2D eigenvalue weighted by Gasteiger charge is -2.16. The average molecular weight is 150 g/mol. The van der Waals surface area contributed by atoms with Crippen LogP contribution in [0.1, 0.15) is 0 Å². The SMILES string of the molecule is O=P[O][Al]1[O]C(=O)[O]1. The molecule has 0 aromatic heterocycles. The first-order valence-electron chi connectivity index (χ1n) is 1.68. The maximum Gasteiger partial charge on any atom is 1.12 e. The molecule has 0 amide bonds. The Hall–Kier alpha value is -0.138. The largest absolute Gasteiger partial charge is 1.12 e. The summed E-state index contributed by atoms with van der Waals surface area (Å²) in [6.45, 7) is 0. The van der Waals surface area contributed by atoms with Gasteiger partial charge in [0.25, 0.3) is 0 Å². The molecule has 0 unspecified atom stereocenters. The zero-order valence-corrected chi connectivity index (χ0v) is 5.61. The van der Waals surface area contributed by atoms with Crippen LogP contribution in [0.15, 0.2) is 0 Å². The molecular weight excluding hydrogens is 150 g/mol. The van der Waals surface area contributed by atoms with Crippen LogP contribution in [0.5, 0.6) is 0 Å². The normalized spacial score (nSPS) is 17.0. The molecule has 1 aliphatic rings. The van der Waals surface area contributed by atoms with Crippen LogP contribution < -0.4 is 0 Å². The molecule has 1 heterocycles. The summed E-state index contributed by atoms with van der Waals surface area (Å²) in [5.41, 5.74) is 0. The molecule has 0 N–H and O–H groups in total. The summed E-state index contributed by atoms with van der Waals surface area (Å²) in [6.07, 6.45) is -0.745. The highest BCUT2D eigenvalue weighted by Gasteiger charge is 2.53. The molecule has 0 aromatic carbocycles. The third-order valence-electron chi connectivity index (χ3n) is 0.514. The van der Waals surface area contributed by atoms with Gasteiger partial charge in [-0.15, -0.1) is 0 Å². The van der Waals surface area contributed by atoms with E-state index in [2.05, 4.69) is 11.2 Å². The Bertz CT molecular complexity index is 113. The Morgan fingerprint density at radius 2 is 2.25 bits per heavy atom. The Labute approximate surface area is 51.2 Å². The molecule has 5 nitrogen and oxygen atoms in total. The topological polar surface area (TPSA) is 61.8 Å². The third-order valence-corrected chi connectivity index (χ3v) is 2.32. The second-order valence-electron chi connectivity index (χ2n) is 0.954. The fourth-order valence-electron chi connectivity index (χ4n) is 0.244. The van der Waals surface area contributed by atoms with E-state index in [0.717, 1.165) is 0 Å². The second-order valence-corrected chi connectivity index (χ2v) is 3.00. The monoisotopic (exact) mass is 150 g/mol. The Kier molecular flexibility index (Phi) is 1.82. The number of carbonyl (C=O) groups excluding carboxylic acids is 1. The quantitative estimate of drug-likeness (QED) is 0.420. The van der Waals surface area contributed by atoms with Crippen LogP contribution in [0.2, 0.25) is 0 Å². The molecule has 7 heteroatoms. The van der Waals surface area contributed by atoms with Gasteiger partial charge >= 0.3 is 30.0 Å². The van der Waals surface area contributed by atoms with Gasteiger partial charge in [0.2, 0.25) is 0 Å². The zero-order chi connectivity index (χ0) is 5.98. The van der Waals surface area contributed by atoms with E-state index >= 15 is 0 Å². The van der Waals surface area contributed by atoms with Crippen LogP contribution >= 0.6 is 8.69 Å². The second kappa shape index (κ2) is 2.42. The van der Waals surface area contributed by atoms with Gasteiger partial charge in [-0.3, -0.25) is 0 Å². The number of hydrogen-bond donors (Lipinski definition) is 0. The summed E-state index contributed by atoms with van der Waals surface area (Å²) >= 11 is -2.23.